The third kappa shape index (κ3) is 3.51. The molecule has 0 bridgehead atoms. The van der Waals surface area contributed by atoms with Gasteiger partial charge in [-0.25, -0.2) is 4.98 Å². The number of nitrogens with two attached hydrogens (primary N) is 2. The van der Waals surface area contributed by atoms with Gasteiger partial charge in [0.15, 0.2) is 0 Å². The highest BCUT2D eigenvalue weighted by Crippen LogP contribution is 2.20. The number of nitrogens with zero attached hydrogens (tertiary/aromatic N) is 2. The first kappa shape index (κ1) is 13.6. The van der Waals surface area contributed by atoms with Crippen molar-refractivity contribution in [2.75, 3.05) is 29.5 Å². The second-order valence-corrected chi connectivity index (χ2v) is 4.37. The molecule has 0 aliphatic rings. The maximum Gasteiger partial charge on any atom is 0.149 e. The minimum Gasteiger partial charge on any atom is -0.396 e. The molecule has 0 fully saturated rings. The van der Waals surface area contributed by atoms with E-state index in [-0.39, 0.29) is 0 Å². The van der Waals surface area contributed by atoms with Crippen molar-refractivity contribution >= 4 is 17.3 Å². The van der Waals surface area contributed by atoms with Gasteiger partial charge in [0.25, 0.3) is 0 Å². The van der Waals surface area contributed by atoms with E-state index in [0.717, 1.165) is 18.9 Å². The molecule has 96 valence electrons. The summed E-state index contributed by atoms with van der Waals surface area (Å²) in [6, 6.07) is 3.77. The zero-order valence-corrected chi connectivity index (χ0v) is 11.1. The van der Waals surface area contributed by atoms with Crippen molar-refractivity contribution in [2.24, 2.45) is 5.92 Å². The molecular weight excluding hydrogens is 212 g/mol. The molecule has 0 spiro atoms. The van der Waals surface area contributed by atoms with Crippen LogP contribution in [0.3, 0.4) is 0 Å². The molecule has 0 saturated heterocycles. The van der Waals surface area contributed by atoms with Gasteiger partial charge >= 0.3 is 0 Å². The van der Waals surface area contributed by atoms with E-state index in [2.05, 4.69) is 30.7 Å². The average Bonchev–Trinajstić information content (AvgIpc) is 2.35. The maximum absolute atomic E-state index is 5.75. The number of aromatic nitrogens is 1. The third-order valence-corrected chi connectivity index (χ3v) is 3.28. The lowest BCUT2D eigenvalue weighted by Crippen LogP contribution is -2.29. The lowest BCUT2D eigenvalue weighted by atomic mass is 10.0. The molecule has 0 saturated carbocycles. The van der Waals surface area contributed by atoms with Crippen molar-refractivity contribution in [3.05, 3.63) is 12.1 Å². The van der Waals surface area contributed by atoms with E-state index in [1.807, 2.05) is 12.1 Å². The van der Waals surface area contributed by atoms with E-state index in [4.69, 9.17) is 11.5 Å². The monoisotopic (exact) mass is 236 g/mol. The highest BCUT2D eigenvalue weighted by atomic mass is 15.2. The Hall–Kier alpha value is -1.45. The Kier molecular flexibility index (Phi) is 5.07. The van der Waals surface area contributed by atoms with Gasteiger partial charge in [0.1, 0.15) is 11.6 Å². The van der Waals surface area contributed by atoms with Gasteiger partial charge in [0.05, 0.1) is 5.69 Å². The van der Waals surface area contributed by atoms with Crippen LogP contribution in [0.25, 0.3) is 0 Å². The Morgan fingerprint density at radius 2 is 1.82 bits per heavy atom. The summed E-state index contributed by atoms with van der Waals surface area (Å²) in [5.41, 5.74) is 12.0. The molecule has 1 rings (SSSR count). The molecule has 4 N–H and O–H groups in total. The SMILES string of the molecule is CCC(CC)CN(CC)c1ccc(N)c(N)n1. The molecule has 0 aliphatic heterocycles. The summed E-state index contributed by atoms with van der Waals surface area (Å²) in [6.45, 7) is 8.56. The Morgan fingerprint density at radius 1 is 1.18 bits per heavy atom. The van der Waals surface area contributed by atoms with Crippen molar-refractivity contribution in [3.63, 3.8) is 0 Å². The Balaban J connectivity index is 2.82. The fourth-order valence-electron chi connectivity index (χ4n) is 1.89. The molecule has 1 heterocycles. The van der Waals surface area contributed by atoms with Crippen molar-refractivity contribution in [2.45, 2.75) is 33.6 Å². The number of hydrogen-bond acceptors (Lipinski definition) is 4. The molecule has 0 aliphatic carbocycles. The van der Waals surface area contributed by atoms with E-state index in [9.17, 15) is 0 Å². The molecule has 1 aromatic heterocycles. The van der Waals surface area contributed by atoms with Crippen molar-refractivity contribution < 1.29 is 0 Å². The first-order chi connectivity index (χ1) is 8.12. The summed E-state index contributed by atoms with van der Waals surface area (Å²) in [4.78, 5) is 6.60. The minimum atomic E-state index is 0.422. The summed E-state index contributed by atoms with van der Waals surface area (Å²) in [6.07, 6.45) is 2.38. The summed E-state index contributed by atoms with van der Waals surface area (Å²) in [7, 11) is 0. The van der Waals surface area contributed by atoms with Crippen LogP contribution in [0.2, 0.25) is 0 Å². The van der Waals surface area contributed by atoms with Gasteiger partial charge in [-0.15, -0.1) is 0 Å². The predicted octanol–water partition coefficient (Wildman–Crippen LogP) is 2.51. The fourth-order valence-corrected chi connectivity index (χ4v) is 1.89. The van der Waals surface area contributed by atoms with E-state index in [0.29, 0.717) is 17.4 Å². The van der Waals surface area contributed by atoms with Gasteiger partial charge in [0, 0.05) is 13.1 Å². The molecule has 1 aromatic rings. The second kappa shape index (κ2) is 6.33. The summed E-state index contributed by atoms with van der Waals surface area (Å²) >= 11 is 0. The number of hydrogen-bond donors (Lipinski definition) is 2. The van der Waals surface area contributed by atoms with Crippen molar-refractivity contribution in [3.8, 4) is 0 Å². The highest BCUT2D eigenvalue weighted by molar-refractivity contribution is 5.62. The van der Waals surface area contributed by atoms with Gasteiger partial charge < -0.3 is 16.4 Å². The fraction of sp³-hybridized carbons (Fsp3) is 0.615. The Morgan fingerprint density at radius 3 is 2.29 bits per heavy atom. The normalized spacial score (nSPS) is 10.8. The quantitative estimate of drug-likeness (QED) is 0.796. The molecule has 0 amide bonds. The summed E-state index contributed by atoms with van der Waals surface area (Å²) in [5, 5.41) is 0. The zero-order valence-electron chi connectivity index (χ0n) is 11.1. The zero-order chi connectivity index (χ0) is 12.8. The van der Waals surface area contributed by atoms with Gasteiger partial charge in [0.2, 0.25) is 0 Å². The molecule has 0 atom stereocenters. The second-order valence-electron chi connectivity index (χ2n) is 4.37. The van der Waals surface area contributed by atoms with Crippen LogP contribution >= 0.6 is 0 Å². The molecular formula is C13H24N4. The Bertz CT molecular complexity index is 347. The first-order valence-electron chi connectivity index (χ1n) is 6.39. The van der Waals surface area contributed by atoms with Crippen LogP contribution in [0.4, 0.5) is 17.3 Å². The average molecular weight is 236 g/mol. The molecule has 0 unspecified atom stereocenters. The molecule has 0 radical (unpaired) electrons. The van der Waals surface area contributed by atoms with Crippen LogP contribution in [0.1, 0.15) is 33.6 Å². The first-order valence-corrected chi connectivity index (χ1v) is 6.39. The Labute approximate surface area is 104 Å². The number of anilines is 3. The van der Waals surface area contributed by atoms with Crippen LogP contribution in [0.15, 0.2) is 12.1 Å². The summed E-state index contributed by atoms with van der Waals surface area (Å²) in [5.74, 6) is 2.05. The third-order valence-electron chi connectivity index (χ3n) is 3.28. The lowest BCUT2D eigenvalue weighted by Gasteiger charge is -2.26. The van der Waals surface area contributed by atoms with Crippen LogP contribution in [-0.4, -0.2) is 18.1 Å². The van der Waals surface area contributed by atoms with Gasteiger partial charge in [-0.1, -0.05) is 26.7 Å². The molecule has 17 heavy (non-hydrogen) atoms. The van der Waals surface area contributed by atoms with Gasteiger partial charge in [-0.3, -0.25) is 0 Å². The van der Waals surface area contributed by atoms with Gasteiger partial charge in [-0.05, 0) is 25.0 Å². The van der Waals surface area contributed by atoms with Crippen molar-refractivity contribution in [1.82, 2.24) is 4.98 Å². The maximum atomic E-state index is 5.75. The van der Waals surface area contributed by atoms with Crippen LogP contribution < -0.4 is 16.4 Å². The highest BCUT2D eigenvalue weighted by Gasteiger charge is 2.12. The largest absolute Gasteiger partial charge is 0.396 e. The van der Waals surface area contributed by atoms with Crippen LogP contribution in [0, 0.1) is 5.92 Å². The lowest BCUT2D eigenvalue weighted by molar-refractivity contribution is 0.484. The predicted molar refractivity (Wildman–Crippen MR) is 75.0 cm³/mol. The van der Waals surface area contributed by atoms with Gasteiger partial charge in [-0.2, -0.15) is 0 Å². The standard InChI is InChI=1S/C13H24N4/c1-4-10(5-2)9-17(6-3)12-8-7-11(14)13(15)16-12/h7-8,10H,4-6,9,14H2,1-3H3,(H2,15,16). The van der Waals surface area contributed by atoms with Crippen molar-refractivity contribution in [1.29, 1.82) is 0 Å². The molecule has 4 heteroatoms. The summed E-state index contributed by atoms with van der Waals surface area (Å²) < 4.78 is 0. The van der Waals surface area contributed by atoms with E-state index >= 15 is 0 Å². The number of nitrogen functional groups attached to an aromatic ring is 2. The van der Waals surface area contributed by atoms with Crippen LogP contribution in [-0.2, 0) is 0 Å². The smallest absolute Gasteiger partial charge is 0.149 e. The minimum absolute atomic E-state index is 0.422. The molecule has 0 aromatic carbocycles. The van der Waals surface area contributed by atoms with E-state index in [1.165, 1.54) is 12.8 Å². The van der Waals surface area contributed by atoms with Crippen LogP contribution in [0.5, 0.6) is 0 Å². The number of rotatable bonds is 6. The number of pyridine rings is 1. The molecule has 4 nitrogen and oxygen atoms in total. The van der Waals surface area contributed by atoms with E-state index < -0.39 is 0 Å². The van der Waals surface area contributed by atoms with E-state index in [1.54, 1.807) is 0 Å². The topological polar surface area (TPSA) is 68.2 Å².